The van der Waals surface area contributed by atoms with E-state index in [1.54, 1.807) is 0 Å². The standard InChI is InChI=1S/C11H23N5/c1-8-7-16(2)6-5-10(8)14-11(15-12)13-9-3-4-9/h8-10H,3-7,12H2,1-2H3,(H2,13,14,15). The van der Waals surface area contributed by atoms with Crippen LogP contribution in [0, 0.1) is 5.92 Å². The molecule has 2 aliphatic rings. The number of nitrogens with two attached hydrogens (primary N) is 1. The second kappa shape index (κ2) is 5.01. The molecule has 4 N–H and O–H groups in total. The van der Waals surface area contributed by atoms with Crippen LogP contribution in [0.2, 0.25) is 0 Å². The fraction of sp³-hybridized carbons (Fsp3) is 0.909. The molecule has 5 heteroatoms. The maximum atomic E-state index is 5.49. The number of guanidine groups is 1. The fourth-order valence-electron chi connectivity index (χ4n) is 2.24. The van der Waals surface area contributed by atoms with Crippen molar-refractivity contribution in [2.75, 3.05) is 20.1 Å². The molecule has 2 unspecified atom stereocenters. The minimum absolute atomic E-state index is 0.397. The minimum atomic E-state index is 0.397. The molecule has 5 nitrogen and oxygen atoms in total. The molecule has 2 fully saturated rings. The SMILES string of the molecule is CC1CN(C)CCC1N=C(NN)NC1CC1. The van der Waals surface area contributed by atoms with Gasteiger partial charge in [0.15, 0.2) is 0 Å². The summed E-state index contributed by atoms with van der Waals surface area (Å²) in [6.45, 7) is 4.50. The van der Waals surface area contributed by atoms with E-state index in [1.165, 1.54) is 12.8 Å². The zero-order valence-electron chi connectivity index (χ0n) is 10.2. The highest BCUT2D eigenvalue weighted by molar-refractivity contribution is 5.80. The smallest absolute Gasteiger partial charge is 0.206 e. The third-order valence-electron chi connectivity index (χ3n) is 3.41. The largest absolute Gasteiger partial charge is 0.353 e. The summed E-state index contributed by atoms with van der Waals surface area (Å²) in [5.74, 6) is 6.85. The third-order valence-corrected chi connectivity index (χ3v) is 3.41. The van der Waals surface area contributed by atoms with E-state index in [4.69, 9.17) is 10.8 Å². The number of hydrazine groups is 1. The molecule has 0 aromatic rings. The first kappa shape index (κ1) is 11.7. The number of likely N-dealkylation sites (tertiary alicyclic amines) is 1. The lowest BCUT2D eigenvalue weighted by molar-refractivity contribution is 0.198. The van der Waals surface area contributed by atoms with Gasteiger partial charge in [-0.2, -0.15) is 0 Å². The quantitative estimate of drug-likeness (QED) is 0.266. The van der Waals surface area contributed by atoms with Crippen molar-refractivity contribution >= 4 is 5.96 Å². The summed E-state index contributed by atoms with van der Waals surface area (Å²) in [5.41, 5.74) is 2.68. The van der Waals surface area contributed by atoms with Crippen LogP contribution in [0.15, 0.2) is 4.99 Å². The Morgan fingerprint density at radius 2 is 2.12 bits per heavy atom. The molecule has 1 aliphatic heterocycles. The van der Waals surface area contributed by atoms with Gasteiger partial charge in [0.1, 0.15) is 0 Å². The molecule has 92 valence electrons. The molecule has 1 saturated heterocycles. The van der Waals surface area contributed by atoms with E-state index in [0.29, 0.717) is 18.0 Å². The molecule has 16 heavy (non-hydrogen) atoms. The first-order chi connectivity index (χ1) is 7.69. The second-order valence-electron chi connectivity index (χ2n) is 5.14. The Morgan fingerprint density at radius 1 is 1.38 bits per heavy atom. The Hall–Kier alpha value is -0.810. The lowest BCUT2D eigenvalue weighted by atomic mass is 9.95. The Morgan fingerprint density at radius 3 is 2.69 bits per heavy atom. The third kappa shape index (κ3) is 3.09. The highest BCUT2D eigenvalue weighted by atomic mass is 15.3. The summed E-state index contributed by atoms with van der Waals surface area (Å²) >= 11 is 0. The number of piperidine rings is 1. The van der Waals surface area contributed by atoms with Crippen LogP contribution >= 0.6 is 0 Å². The van der Waals surface area contributed by atoms with Gasteiger partial charge in [-0.3, -0.25) is 5.43 Å². The van der Waals surface area contributed by atoms with Crippen LogP contribution in [0.3, 0.4) is 0 Å². The first-order valence-corrected chi connectivity index (χ1v) is 6.18. The van der Waals surface area contributed by atoms with Crippen molar-refractivity contribution in [3.8, 4) is 0 Å². The van der Waals surface area contributed by atoms with Crippen LogP contribution in [0.1, 0.15) is 26.2 Å². The van der Waals surface area contributed by atoms with Crippen molar-refractivity contribution in [3.63, 3.8) is 0 Å². The average Bonchev–Trinajstić information content (AvgIpc) is 3.04. The van der Waals surface area contributed by atoms with Crippen molar-refractivity contribution in [3.05, 3.63) is 0 Å². The van der Waals surface area contributed by atoms with Gasteiger partial charge in [0.25, 0.3) is 0 Å². The lowest BCUT2D eigenvalue weighted by Gasteiger charge is -2.32. The molecular weight excluding hydrogens is 202 g/mol. The normalized spacial score (nSPS) is 32.6. The molecule has 1 heterocycles. The van der Waals surface area contributed by atoms with Gasteiger partial charge in [-0.25, -0.2) is 10.8 Å². The molecule has 0 aromatic heterocycles. The van der Waals surface area contributed by atoms with Crippen molar-refractivity contribution in [1.82, 2.24) is 15.6 Å². The molecule has 0 amide bonds. The minimum Gasteiger partial charge on any atom is -0.353 e. The Balaban J connectivity index is 1.91. The van der Waals surface area contributed by atoms with E-state index in [-0.39, 0.29) is 0 Å². The predicted molar refractivity (Wildman–Crippen MR) is 66.0 cm³/mol. The number of hydrogen-bond acceptors (Lipinski definition) is 3. The van der Waals surface area contributed by atoms with Crippen LogP contribution < -0.4 is 16.6 Å². The van der Waals surface area contributed by atoms with Gasteiger partial charge in [0.2, 0.25) is 5.96 Å². The van der Waals surface area contributed by atoms with E-state index in [1.807, 2.05) is 0 Å². The second-order valence-corrected chi connectivity index (χ2v) is 5.14. The van der Waals surface area contributed by atoms with Crippen LogP contribution in [0.25, 0.3) is 0 Å². The molecule has 0 spiro atoms. The summed E-state index contributed by atoms with van der Waals surface area (Å²) in [6.07, 6.45) is 3.60. The lowest BCUT2D eigenvalue weighted by Crippen LogP contribution is -2.46. The fourth-order valence-corrected chi connectivity index (χ4v) is 2.24. The van der Waals surface area contributed by atoms with Crippen molar-refractivity contribution in [2.45, 2.75) is 38.3 Å². The Bertz CT molecular complexity index is 261. The number of nitrogens with one attached hydrogen (secondary N) is 2. The number of hydrogen-bond donors (Lipinski definition) is 3. The topological polar surface area (TPSA) is 65.7 Å². The highest BCUT2D eigenvalue weighted by Gasteiger charge is 2.26. The van der Waals surface area contributed by atoms with E-state index < -0.39 is 0 Å². The van der Waals surface area contributed by atoms with E-state index >= 15 is 0 Å². The Kier molecular flexibility index (Phi) is 3.66. The summed E-state index contributed by atoms with van der Waals surface area (Å²) in [5, 5.41) is 3.32. The Labute approximate surface area is 97.4 Å². The molecular formula is C11H23N5. The molecule has 2 atom stereocenters. The molecule has 1 aliphatic carbocycles. The number of aliphatic imine (C=N–C) groups is 1. The number of rotatable bonds is 2. The molecule has 0 aromatic carbocycles. The maximum absolute atomic E-state index is 5.49. The van der Waals surface area contributed by atoms with Gasteiger partial charge < -0.3 is 10.2 Å². The van der Waals surface area contributed by atoms with Crippen molar-refractivity contribution in [2.24, 2.45) is 16.8 Å². The van der Waals surface area contributed by atoms with E-state index in [0.717, 1.165) is 25.5 Å². The van der Waals surface area contributed by atoms with Gasteiger partial charge >= 0.3 is 0 Å². The van der Waals surface area contributed by atoms with Crippen molar-refractivity contribution in [1.29, 1.82) is 0 Å². The van der Waals surface area contributed by atoms with Crippen molar-refractivity contribution < 1.29 is 0 Å². The van der Waals surface area contributed by atoms with Crippen LogP contribution in [-0.4, -0.2) is 43.1 Å². The van der Waals surface area contributed by atoms with Gasteiger partial charge in [-0.05, 0) is 38.8 Å². The van der Waals surface area contributed by atoms with E-state index in [2.05, 4.69) is 29.6 Å². The number of nitrogens with zero attached hydrogens (tertiary/aromatic N) is 2. The molecule has 0 radical (unpaired) electrons. The van der Waals surface area contributed by atoms with Gasteiger partial charge in [0, 0.05) is 12.6 Å². The summed E-state index contributed by atoms with van der Waals surface area (Å²) in [7, 11) is 2.17. The maximum Gasteiger partial charge on any atom is 0.206 e. The van der Waals surface area contributed by atoms with Crippen LogP contribution in [0.4, 0.5) is 0 Å². The van der Waals surface area contributed by atoms with Gasteiger partial charge in [-0.15, -0.1) is 0 Å². The zero-order valence-corrected chi connectivity index (χ0v) is 10.2. The zero-order chi connectivity index (χ0) is 11.5. The summed E-state index contributed by atoms with van der Waals surface area (Å²) in [4.78, 5) is 7.05. The monoisotopic (exact) mass is 225 g/mol. The average molecular weight is 225 g/mol. The van der Waals surface area contributed by atoms with Crippen LogP contribution in [-0.2, 0) is 0 Å². The molecule has 1 saturated carbocycles. The van der Waals surface area contributed by atoms with Gasteiger partial charge in [-0.1, -0.05) is 6.92 Å². The predicted octanol–water partition coefficient (Wildman–Crippen LogP) is -0.102. The summed E-state index contributed by atoms with van der Waals surface area (Å²) in [6, 6.07) is 0.991. The van der Waals surface area contributed by atoms with Crippen LogP contribution in [0.5, 0.6) is 0 Å². The van der Waals surface area contributed by atoms with E-state index in [9.17, 15) is 0 Å². The summed E-state index contributed by atoms with van der Waals surface area (Å²) < 4.78 is 0. The highest BCUT2D eigenvalue weighted by Crippen LogP contribution is 2.20. The van der Waals surface area contributed by atoms with Gasteiger partial charge in [0.05, 0.1) is 6.04 Å². The first-order valence-electron chi connectivity index (χ1n) is 6.18. The molecule has 2 rings (SSSR count). The molecule has 0 bridgehead atoms.